The van der Waals surface area contributed by atoms with Crippen molar-refractivity contribution in [1.82, 2.24) is 5.32 Å². The van der Waals surface area contributed by atoms with Crippen LogP contribution in [0.25, 0.3) is 0 Å². The Hall–Kier alpha value is -1.40. The molecule has 3 N–H and O–H groups in total. The van der Waals surface area contributed by atoms with Crippen molar-refractivity contribution in [3.8, 4) is 0 Å². The van der Waals surface area contributed by atoms with Crippen LogP contribution in [-0.2, 0) is 14.3 Å². The summed E-state index contributed by atoms with van der Waals surface area (Å²) in [4.78, 5) is 24.6. The monoisotopic (exact) mass is 1130 g/mol. The number of rotatable bonds is 70. The molecule has 0 aromatic carbocycles. The number of carbonyl (C=O) groups excluding carboxylic acids is 2. The van der Waals surface area contributed by atoms with Crippen LogP contribution >= 0.6 is 0 Å². The second-order valence-corrected chi connectivity index (χ2v) is 25.6. The first-order valence-corrected chi connectivity index (χ1v) is 36.9. The van der Waals surface area contributed by atoms with Crippen molar-refractivity contribution < 1.29 is 24.5 Å². The summed E-state index contributed by atoms with van der Waals surface area (Å²) in [6, 6.07) is -0.536. The van der Waals surface area contributed by atoms with Crippen molar-refractivity contribution in [2.75, 3.05) is 13.2 Å². The Labute approximate surface area is 501 Å². The van der Waals surface area contributed by atoms with Gasteiger partial charge in [-0.2, -0.15) is 0 Å². The molecule has 476 valence electrons. The van der Waals surface area contributed by atoms with Gasteiger partial charge in [-0.25, -0.2) is 0 Å². The van der Waals surface area contributed by atoms with Gasteiger partial charge in [0.25, 0.3) is 0 Å². The molecular formula is C74H145NO5. The molecule has 0 aliphatic carbocycles. The van der Waals surface area contributed by atoms with Gasteiger partial charge in [0.2, 0.25) is 5.91 Å². The van der Waals surface area contributed by atoms with E-state index in [0.29, 0.717) is 25.9 Å². The van der Waals surface area contributed by atoms with Gasteiger partial charge < -0.3 is 20.3 Å². The number of amides is 1. The van der Waals surface area contributed by atoms with Crippen molar-refractivity contribution in [1.29, 1.82) is 0 Å². The van der Waals surface area contributed by atoms with Crippen LogP contribution in [0.5, 0.6) is 0 Å². The Morgan fingerprint density at radius 2 is 0.588 bits per heavy atom. The molecule has 6 nitrogen and oxygen atoms in total. The van der Waals surface area contributed by atoms with Gasteiger partial charge in [-0.3, -0.25) is 9.59 Å². The predicted octanol–water partition coefficient (Wildman–Crippen LogP) is 23.9. The van der Waals surface area contributed by atoms with Crippen LogP contribution in [0.4, 0.5) is 0 Å². The number of ether oxygens (including phenoxy) is 1. The van der Waals surface area contributed by atoms with Gasteiger partial charge in [-0.15, -0.1) is 0 Å². The second kappa shape index (κ2) is 70.1. The van der Waals surface area contributed by atoms with Crippen LogP contribution in [0.3, 0.4) is 0 Å². The highest BCUT2D eigenvalue weighted by molar-refractivity contribution is 5.76. The number of unbranched alkanes of at least 4 members (excludes halogenated alkanes) is 57. The maximum atomic E-state index is 12.5. The SMILES string of the molecule is CCCCCCCCCCCCCCCCCCCCC(=O)OCCCCCCCCCCCCCCCC/C=C\CCCCCCCCCCCCCCCCCCCC(=O)NC(CO)C(O)CCCCCCCCCCCC. The Kier molecular flexibility index (Phi) is 68.9. The number of hydrogen-bond donors (Lipinski definition) is 3. The van der Waals surface area contributed by atoms with Crippen LogP contribution in [0.2, 0.25) is 0 Å². The zero-order valence-electron chi connectivity index (χ0n) is 54.6. The number of aliphatic hydroxyl groups excluding tert-OH is 2. The fourth-order valence-electron chi connectivity index (χ4n) is 11.9. The first kappa shape index (κ1) is 78.6. The molecule has 0 saturated heterocycles. The summed E-state index contributed by atoms with van der Waals surface area (Å²) in [6.07, 6.45) is 87.3. The van der Waals surface area contributed by atoms with E-state index < -0.39 is 12.1 Å². The molecule has 80 heavy (non-hydrogen) atoms. The molecule has 1 amide bonds. The Morgan fingerprint density at radius 3 is 0.887 bits per heavy atom. The van der Waals surface area contributed by atoms with Gasteiger partial charge in [0.1, 0.15) is 0 Å². The number of hydrogen-bond acceptors (Lipinski definition) is 5. The lowest BCUT2D eigenvalue weighted by Gasteiger charge is -2.22. The van der Waals surface area contributed by atoms with Crippen LogP contribution in [0, 0.1) is 0 Å². The molecule has 2 unspecified atom stereocenters. The summed E-state index contributed by atoms with van der Waals surface area (Å²) in [7, 11) is 0. The summed E-state index contributed by atoms with van der Waals surface area (Å²) < 4.78 is 5.52. The van der Waals surface area contributed by atoms with Crippen LogP contribution in [-0.4, -0.2) is 47.4 Å². The highest BCUT2D eigenvalue weighted by Gasteiger charge is 2.20. The van der Waals surface area contributed by atoms with Crippen LogP contribution < -0.4 is 5.32 Å². The van der Waals surface area contributed by atoms with E-state index in [4.69, 9.17) is 4.74 Å². The third kappa shape index (κ3) is 65.7. The summed E-state index contributed by atoms with van der Waals surface area (Å²) >= 11 is 0. The zero-order valence-corrected chi connectivity index (χ0v) is 54.6. The highest BCUT2D eigenvalue weighted by Crippen LogP contribution is 2.19. The maximum Gasteiger partial charge on any atom is 0.305 e. The number of carbonyl (C=O) groups is 2. The smallest absolute Gasteiger partial charge is 0.305 e. The molecule has 6 heteroatoms. The Balaban J connectivity index is 3.29. The lowest BCUT2D eigenvalue weighted by atomic mass is 10.0. The van der Waals surface area contributed by atoms with Gasteiger partial charge in [-0.1, -0.05) is 373 Å². The summed E-state index contributed by atoms with van der Waals surface area (Å²) in [5.41, 5.74) is 0. The third-order valence-corrected chi connectivity index (χ3v) is 17.6. The second-order valence-electron chi connectivity index (χ2n) is 25.6. The molecule has 0 saturated carbocycles. The topological polar surface area (TPSA) is 95.9 Å². The van der Waals surface area contributed by atoms with E-state index in [1.54, 1.807) is 0 Å². The summed E-state index contributed by atoms with van der Waals surface area (Å²) in [5, 5.41) is 23.2. The molecule has 2 atom stereocenters. The minimum absolute atomic E-state index is 0.0256. The normalized spacial score (nSPS) is 12.5. The van der Waals surface area contributed by atoms with E-state index in [9.17, 15) is 19.8 Å². The average Bonchev–Trinajstić information content (AvgIpc) is 3.46. The van der Waals surface area contributed by atoms with E-state index in [1.165, 1.54) is 353 Å². The molecule has 0 aliphatic heterocycles. The summed E-state index contributed by atoms with van der Waals surface area (Å²) in [5.74, 6) is -0.00516. The van der Waals surface area contributed by atoms with E-state index in [-0.39, 0.29) is 18.5 Å². The maximum absolute atomic E-state index is 12.5. The molecule has 0 fully saturated rings. The van der Waals surface area contributed by atoms with Crippen molar-refractivity contribution in [2.24, 2.45) is 0 Å². The van der Waals surface area contributed by atoms with Gasteiger partial charge >= 0.3 is 5.97 Å². The number of esters is 1. The molecule has 0 heterocycles. The molecule has 0 aromatic heterocycles. The van der Waals surface area contributed by atoms with E-state index in [2.05, 4.69) is 31.3 Å². The first-order valence-electron chi connectivity index (χ1n) is 36.9. The van der Waals surface area contributed by atoms with Gasteiger partial charge in [0.05, 0.1) is 25.4 Å². The van der Waals surface area contributed by atoms with Crippen molar-refractivity contribution >= 4 is 11.9 Å². The summed E-state index contributed by atoms with van der Waals surface area (Å²) in [6.45, 7) is 4.98. The molecule has 0 aliphatic rings. The van der Waals surface area contributed by atoms with E-state index in [1.807, 2.05) is 0 Å². The van der Waals surface area contributed by atoms with Gasteiger partial charge in [0, 0.05) is 12.8 Å². The fourth-order valence-corrected chi connectivity index (χ4v) is 11.9. The van der Waals surface area contributed by atoms with E-state index >= 15 is 0 Å². The highest BCUT2D eigenvalue weighted by atomic mass is 16.5. The van der Waals surface area contributed by atoms with Crippen molar-refractivity contribution in [3.05, 3.63) is 12.2 Å². The van der Waals surface area contributed by atoms with E-state index in [0.717, 1.165) is 38.5 Å². The minimum atomic E-state index is -0.659. The van der Waals surface area contributed by atoms with Crippen molar-refractivity contribution in [3.63, 3.8) is 0 Å². The molecule has 0 aromatic rings. The van der Waals surface area contributed by atoms with Crippen molar-refractivity contribution in [2.45, 2.75) is 437 Å². The fraction of sp³-hybridized carbons (Fsp3) is 0.946. The number of allylic oxidation sites excluding steroid dienone is 2. The Bertz CT molecular complexity index is 1210. The lowest BCUT2D eigenvalue weighted by molar-refractivity contribution is -0.143. The van der Waals surface area contributed by atoms with Gasteiger partial charge in [0.15, 0.2) is 0 Å². The zero-order chi connectivity index (χ0) is 57.8. The molecule has 0 radical (unpaired) electrons. The van der Waals surface area contributed by atoms with Crippen LogP contribution in [0.15, 0.2) is 12.2 Å². The standard InChI is InChI=1S/C74H145NO5/c1-3-5-7-9-11-13-15-16-17-18-39-42-45-48-52-56-60-64-68-74(79)80-69-65-61-57-53-49-46-43-40-37-35-33-31-29-27-25-23-21-19-20-22-24-26-28-30-32-34-36-38-41-44-47-51-55-59-63-67-73(78)75-71(70-76)72(77)66-62-58-54-50-14-12-10-8-6-4-2/h21,23,71-72,76-77H,3-20,22,24-70H2,1-2H3,(H,75,78)/b23-21-. The Morgan fingerprint density at radius 1 is 0.338 bits per heavy atom. The molecular weight excluding hydrogens is 983 g/mol. The first-order chi connectivity index (χ1) is 39.5. The molecule has 0 bridgehead atoms. The lowest BCUT2D eigenvalue weighted by Crippen LogP contribution is -2.45. The number of aliphatic hydroxyl groups is 2. The average molecular weight is 1130 g/mol. The minimum Gasteiger partial charge on any atom is -0.466 e. The molecule has 0 spiro atoms. The van der Waals surface area contributed by atoms with Gasteiger partial charge in [-0.05, 0) is 51.4 Å². The number of nitrogens with one attached hydrogen (secondary N) is 1. The predicted molar refractivity (Wildman–Crippen MR) is 352 cm³/mol. The van der Waals surface area contributed by atoms with Crippen LogP contribution in [0.1, 0.15) is 425 Å². The quantitative estimate of drug-likeness (QED) is 0.0320. The largest absolute Gasteiger partial charge is 0.466 e. The third-order valence-electron chi connectivity index (χ3n) is 17.6. The molecule has 0 rings (SSSR count).